The maximum Gasteiger partial charge on any atom is 0.573 e. The number of likely N-dealkylation sites (N-methyl/N-ethyl adjacent to an activating group) is 2. The molecule has 2 heterocycles. The van der Waals surface area contributed by atoms with Crippen LogP contribution in [0.15, 0.2) is 18.2 Å². The van der Waals surface area contributed by atoms with Gasteiger partial charge < -0.3 is 45.8 Å². The Labute approximate surface area is 382 Å². The van der Waals surface area contributed by atoms with Gasteiger partial charge in [0.2, 0.25) is 41.0 Å². The van der Waals surface area contributed by atoms with Crippen LogP contribution in [-0.4, -0.2) is 148 Å². The molecule has 4 rings (SSSR count). The van der Waals surface area contributed by atoms with Gasteiger partial charge in [0.15, 0.2) is 0 Å². The number of benzene rings is 1. The fraction of sp³-hybridized carbons (Fsp3) is 0.690. The summed E-state index contributed by atoms with van der Waals surface area (Å²) < 4.78 is 100. The minimum Gasteiger partial charge on any atom is -0.405 e. The van der Waals surface area contributed by atoms with Gasteiger partial charge in [0.05, 0.1) is 6.54 Å². The Balaban J connectivity index is 1.68. The molecule has 1 aromatic rings. The zero-order valence-electron chi connectivity index (χ0n) is 37.5. The number of likely N-dealkylation sites (tertiary alicyclic amines) is 1. The van der Waals surface area contributed by atoms with Crippen LogP contribution in [0.2, 0.25) is 5.02 Å². The van der Waals surface area contributed by atoms with Crippen LogP contribution in [0.5, 0.6) is 5.75 Å². The monoisotopic (exact) mass is 971 g/mol. The quantitative estimate of drug-likeness (QED) is 0.206. The molecule has 1 aliphatic carbocycles. The minimum absolute atomic E-state index is 0.0107. The Morgan fingerprint density at radius 3 is 2.24 bits per heavy atom. The summed E-state index contributed by atoms with van der Waals surface area (Å²) in [4.78, 5) is 99.5. The van der Waals surface area contributed by atoms with E-state index in [1.54, 1.807) is 13.8 Å². The number of halogens is 8. The SMILES string of the molecule is CC(C)C[C@@H]1NC(=O)[C@@H](N(C)C(=O)[C@@H](NC(=O)[C@@H]2C[C@@H](F)CN2C(=O)[C@@](C)(O)C(F)(F)F)C2CC2)CCCCNC(=O)C(C)(C)NC(=O)[C@H](Cc2cc(Cl)ccc2OC(F)(F)F)N(C)C1=O. The number of nitrogens with zero attached hydrogens (tertiary/aromatic N) is 3. The van der Waals surface area contributed by atoms with Gasteiger partial charge >= 0.3 is 12.5 Å². The first-order chi connectivity index (χ1) is 30.4. The van der Waals surface area contributed by atoms with Gasteiger partial charge in [-0.1, -0.05) is 25.4 Å². The van der Waals surface area contributed by atoms with E-state index in [9.17, 15) is 69.4 Å². The highest BCUT2D eigenvalue weighted by Gasteiger charge is 2.59. The standard InChI is InChI=1S/C42H57ClF7N7O9/c1-21(2)16-26-35(61)56(7)28(18-23-17-24(43)13-14-30(23)66-42(48,49)50)34(60)54-39(3,4)37(63)51-15-9-8-10-27(32(58)52-26)55(6)36(62)31(22-11-12-22)53-33(59)29-19-25(44)20-57(29)38(64)40(5,65)41(45,46)47/h13-14,17,21-22,25-29,31,65H,8-12,15-16,18-20H2,1-7H3,(H,51,63)(H,52,58)(H,53,59)(H,54,60)/t25-,26+,27+,28+,29+,31+,40-/m1/s1. The molecule has 3 aliphatic rings. The lowest BCUT2D eigenvalue weighted by Gasteiger charge is -2.36. The molecule has 66 heavy (non-hydrogen) atoms. The molecule has 1 saturated carbocycles. The lowest BCUT2D eigenvalue weighted by atomic mass is 9.97. The van der Waals surface area contributed by atoms with Crippen molar-refractivity contribution >= 4 is 53.0 Å². The molecular formula is C42H57ClF7N7O9. The highest BCUT2D eigenvalue weighted by Crippen LogP contribution is 2.37. The van der Waals surface area contributed by atoms with Crippen LogP contribution in [0.4, 0.5) is 30.7 Å². The predicted octanol–water partition coefficient (Wildman–Crippen LogP) is 3.31. The van der Waals surface area contributed by atoms with Crippen LogP contribution in [0.25, 0.3) is 0 Å². The lowest BCUT2D eigenvalue weighted by Crippen LogP contribution is -2.62. The Hall–Kier alpha value is -4.93. The second-order valence-corrected chi connectivity index (χ2v) is 18.6. The van der Waals surface area contributed by atoms with Crippen molar-refractivity contribution < 1.29 is 74.1 Å². The summed E-state index contributed by atoms with van der Waals surface area (Å²) in [5.41, 5.74) is -5.83. The number of amides is 7. The summed E-state index contributed by atoms with van der Waals surface area (Å²) in [7, 11) is 2.43. The number of alkyl halides is 7. The first-order valence-electron chi connectivity index (χ1n) is 21.4. The summed E-state index contributed by atoms with van der Waals surface area (Å²) in [6.45, 7) is 5.44. The molecule has 0 unspecified atom stereocenters. The predicted molar refractivity (Wildman–Crippen MR) is 222 cm³/mol. The average molecular weight is 972 g/mol. The zero-order valence-corrected chi connectivity index (χ0v) is 38.3. The third-order valence-electron chi connectivity index (χ3n) is 11.9. The van der Waals surface area contributed by atoms with E-state index >= 15 is 0 Å². The highest BCUT2D eigenvalue weighted by atomic mass is 35.5. The summed E-state index contributed by atoms with van der Waals surface area (Å²) in [6.07, 6.45) is -12.8. The number of hydrogen-bond donors (Lipinski definition) is 5. The van der Waals surface area contributed by atoms with Crippen molar-refractivity contribution in [1.29, 1.82) is 0 Å². The van der Waals surface area contributed by atoms with Gasteiger partial charge in [-0.3, -0.25) is 33.6 Å². The Kier molecular flexibility index (Phi) is 17.0. The fourth-order valence-electron chi connectivity index (χ4n) is 7.83. The maximum atomic E-state index is 14.7. The Bertz CT molecular complexity index is 2000. The molecule has 24 heteroatoms. The Morgan fingerprint density at radius 1 is 1.03 bits per heavy atom. The van der Waals surface area contributed by atoms with E-state index in [0.717, 1.165) is 28.0 Å². The summed E-state index contributed by atoms with van der Waals surface area (Å²) in [6, 6.07) is -4.49. The van der Waals surface area contributed by atoms with Crippen LogP contribution in [0.3, 0.4) is 0 Å². The average Bonchev–Trinajstić information content (AvgIpc) is 3.97. The van der Waals surface area contributed by atoms with Gasteiger partial charge in [0, 0.05) is 38.5 Å². The number of nitrogens with one attached hydrogen (secondary N) is 4. The van der Waals surface area contributed by atoms with Gasteiger partial charge in [0.25, 0.3) is 5.91 Å². The zero-order chi connectivity index (χ0) is 49.9. The van der Waals surface area contributed by atoms with Crippen molar-refractivity contribution in [3.05, 3.63) is 28.8 Å². The van der Waals surface area contributed by atoms with Crippen molar-refractivity contribution in [3.8, 4) is 5.75 Å². The van der Waals surface area contributed by atoms with Gasteiger partial charge in [-0.2, -0.15) is 13.2 Å². The minimum atomic E-state index is -5.47. The first kappa shape index (κ1) is 53.7. The number of rotatable bonds is 11. The lowest BCUT2D eigenvalue weighted by molar-refractivity contribution is -0.275. The molecule has 0 spiro atoms. The number of ether oxygens (including phenoxy) is 1. The van der Waals surface area contributed by atoms with Gasteiger partial charge in [0.1, 0.15) is 47.7 Å². The van der Waals surface area contributed by atoms with E-state index in [1.807, 2.05) is 0 Å². The molecule has 2 saturated heterocycles. The van der Waals surface area contributed by atoms with Gasteiger partial charge in [-0.05, 0) is 94.9 Å². The van der Waals surface area contributed by atoms with Crippen LogP contribution in [0.1, 0.15) is 85.1 Å². The Morgan fingerprint density at radius 2 is 1.67 bits per heavy atom. The molecule has 0 aromatic heterocycles. The largest absolute Gasteiger partial charge is 0.573 e. The third-order valence-corrected chi connectivity index (χ3v) is 12.1. The topological polar surface area (TPSA) is 207 Å². The molecule has 7 atom stereocenters. The van der Waals surface area contributed by atoms with Crippen molar-refractivity contribution in [2.45, 2.75) is 146 Å². The molecule has 16 nitrogen and oxygen atoms in total. The molecule has 5 N–H and O–H groups in total. The van der Waals surface area contributed by atoms with E-state index in [-0.39, 0.29) is 60.6 Å². The fourth-order valence-corrected chi connectivity index (χ4v) is 8.03. The van der Waals surface area contributed by atoms with Crippen molar-refractivity contribution in [2.24, 2.45) is 11.8 Å². The van der Waals surface area contributed by atoms with E-state index in [2.05, 4.69) is 26.0 Å². The molecule has 1 aromatic carbocycles. The molecule has 0 bridgehead atoms. The van der Waals surface area contributed by atoms with Crippen molar-refractivity contribution in [3.63, 3.8) is 0 Å². The molecule has 3 fully saturated rings. The second-order valence-electron chi connectivity index (χ2n) is 18.2. The number of hydrogen-bond acceptors (Lipinski definition) is 9. The normalized spacial score (nSPS) is 25.3. The highest BCUT2D eigenvalue weighted by molar-refractivity contribution is 6.30. The molecular weight excluding hydrogens is 915 g/mol. The van der Waals surface area contributed by atoms with Crippen LogP contribution in [0, 0.1) is 11.8 Å². The maximum absolute atomic E-state index is 14.7. The van der Waals surface area contributed by atoms with E-state index in [4.69, 9.17) is 11.6 Å². The van der Waals surface area contributed by atoms with Gasteiger partial charge in [-0.15, -0.1) is 13.2 Å². The van der Waals surface area contributed by atoms with Crippen LogP contribution < -0.4 is 26.0 Å². The number of carbonyl (C=O) groups excluding carboxylic acids is 7. The summed E-state index contributed by atoms with van der Waals surface area (Å²) in [5, 5.41) is 20.4. The van der Waals surface area contributed by atoms with Crippen LogP contribution in [-0.2, 0) is 40.0 Å². The molecule has 2 aliphatic heterocycles. The molecule has 7 amide bonds. The van der Waals surface area contributed by atoms with E-state index in [0.29, 0.717) is 12.8 Å². The number of aliphatic hydroxyl groups is 1. The second kappa shape index (κ2) is 20.9. The first-order valence-corrected chi connectivity index (χ1v) is 21.8. The summed E-state index contributed by atoms with van der Waals surface area (Å²) >= 11 is 6.15. The van der Waals surface area contributed by atoms with Gasteiger partial charge in [-0.25, -0.2) is 4.39 Å². The third kappa shape index (κ3) is 13.4. The molecule has 0 radical (unpaired) electrons. The van der Waals surface area contributed by atoms with Crippen LogP contribution >= 0.6 is 11.6 Å². The number of carbonyl (C=O) groups is 7. The van der Waals surface area contributed by atoms with E-state index in [1.165, 1.54) is 27.9 Å². The van der Waals surface area contributed by atoms with E-state index < -0.39 is 132 Å². The summed E-state index contributed by atoms with van der Waals surface area (Å²) in [5.74, 6) is -8.90. The van der Waals surface area contributed by atoms with Crippen molar-refractivity contribution in [1.82, 2.24) is 36.0 Å². The van der Waals surface area contributed by atoms with Crippen molar-refractivity contribution in [2.75, 3.05) is 27.2 Å². The smallest absolute Gasteiger partial charge is 0.405 e. The molecule has 370 valence electrons.